The van der Waals surface area contributed by atoms with E-state index < -0.39 is 20.8 Å². The van der Waals surface area contributed by atoms with Crippen LogP contribution in [0.4, 0.5) is 0 Å². The molecular formula is C12H16As2Cl2Zr. The van der Waals surface area contributed by atoms with Gasteiger partial charge in [0.05, 0.1) is 0 Å². The summed E-state index contributed by atoms with van der Waals surface area (Å²) in [5.41, 5.74) is 2.97. The second-order valence-corrected chi connectivity index (χ2v) is 12.4. The quantitative estimate of drug-likeness (QED) is 0.375. The number of allylic oxidation sites excluding steroid dienone is 4. The molecule has 2 rings (SSSR count). The van der Waals surface area contributed by atoms with E-state index in [4.69, 9.17) is 17.0 Å². The Morgan fingerprint density at radius 3 is 1.29 bits per heavy atom. The third-order valence-corrected chi connectivity index (χ3v) is 6.68. The van der Waals surface area contributed by atoms with Crippen molar-refractivity contribution in [3.05, 3.63) is 32.7 Å². The molecule has 0 N–H and O–H groups in total. The van der Waals surface area contributed by atoms with Gasteiger partial charge in [0.1, 0.15) is 0 Å². The van der Waals surface area contributed by atoms with Crippen LogP contribution in [-0.4, -0.2) is 40.2 Å². The summed E-state index contributed by atoms with van der Waals surface area (Å²) in [5.74, 6) is 0. The van der Waals surface area contributed by atoms with Crippen LogP contribution >= 0.6 is 17.0 Å². The first-order valence-electron chi connectivity index (χ1n) is 5.09. The Hall–Kier alpha value is 1.54. The van der Waals surface area contributed by atoms with Gasteiger partial charge < -0.3 is 0 Å². The number of rotatable bonds is 0. The van der Waals surface area contributed by atoms with Gasteiger partial charge in [-0.3, -0.25) is 0 Å². The van der Waals surface area contributed by atoms with Crippen LogP contribution in [0.15, 0.2) is 23.3 Å². The van der Waals surface area contributed by atoms with Crippen LogP contribution < -0.4 is 0 Å². The van der Waals surface area contributed by atoms with E-state index in [1.54, 1.807) is 9.41 Å². The van der Waals surface area contributed by atoms with Crippen LogP contribution in [0.25, 0.3) is 0 Å². The zero-order chi connectivity index (χ0) is 13.3. The third kappa shape index (κ3) is 9.13. The Kier molecular flexibility index (Phi) is 12.4. The van der Waals surface area contributed by atoms with Crippen molar-refractivity contribution in [2.24, 2.45) is 0 Å². The summed E-state index contributed by atoms with van der Waals surface area (Å²) in [6, 6.07) is 0. The molecule has 0 unspecified atom stereocenters. The van der Waals surface area contributed by atoms with Crippen LogP contribution in [0.5, 0.6) is 0 Å². The van der Waals surface area contributed by atoms with Crippen molar-refractivity contribution in [3.63, 3.8) is 0 Å². The molecule has 2 aliphatic heterocycles. The van der Waals surface area contributed by atoms with E-state index in [-0.39, 0.29) is 0 Å². The summed E-state index contributed by atoms with van der Waals surface area (Å²) in [6.07, 6.45) is 4.44. The van der Waals surface area contributed by atoms with Crippen molar-refractivity contribution < 1.29 is 20.8 Å². The third-order valence-electron chi connectivity index (χ3n) is 2.33. The summed E-state index contributed by atoms with van der Waals surface area (Å²) in [6.45, 7) is 8.79. The van der Waals surface area contributed by atoms with Gasteiger partial charge in [-0.2, -0.15) is 0 Å². The number of hydrogen-bond acceptors (Lipinski definition) is 0. The van der Waals surface area contributed by atoms with Crippen molar-refractivity contribution in [2.75, 3.05) is 0 Å². The molecule has 0 fully saturated rings. The molecule has 0 spiro atoms. The molecule has 5 heteroatoms. The maximum atomic E-state index is 4.93. The van der Waals surface area contributed by atoms with Crippen molar-refractivity contribution in [1.29, 1.82) is 0 Å². The first kappa shape index (κ1) is 18.5. The van der Waals surface area contributed by atoms with Gasteiger partial charge in [0.25, 0.3) is 0 Å². The average molecular weight is 472 g/mol. The predicted molar refractivity (Wildman–Crippen MR) is 80.7 cm³/mol. The van der Waals surface area contributed by atoms with Crippen molar-refractivity contribution >= 4 is 57.3 Å². The van der Waals surface area contributed by atoms with E-state index in [1.165, 1.54) is 11.1 Å². The van der Waals surface area contributed by atoms with Crippen LogP contribution in [0, 0.1) is 9.41 Å². The first-order valence-corrected chi connectivity index (χ1v) is 15.5. The molecule has 0 aliphatic carbocycles. The Morgan fingerprint density at radius 1 is 0.941 bits per heavy atom. The number of hydrogen-bond donors (Lipinski definition) is 0. The first-order chi connectivity index (χ1) is 8.02. The molecule has 0 aromatic heterocycles. The van der Waals surface area contributed by atoms with E-state index in [0.29, 0.717) is 30.6 Å². The predicted octanol–water partition coefficient (Wildman–Crippen LogP) is 3.39. The van der Waals surface area contributed by atoms with Crippen LogP contribution in [0.1, 0.15) is 27.7 Å². The number of halogens is 2. The summed E-state index contributed by atoms with van der Waals surface area (Å²) in [5, 5.41) is 0. The van der Waals surface area contributed by atoms with E-state index in [9.17, 15) is 0 Å². The van der Waals surface area contributed by atoms with E-state index in [0.717, 1.165) is 0 Å². The molecule has 0 atom stereocenters. The molecule has 0 radical (unpaired) electrons. The Balaban J connectivity index is 0.000000247. The standard InChI is InChI=1S/2C6H8As.2ClH.Zr/c2*1-5-3-4-7-6(5)2;;;/h2*3-4H,1-2H3;2*1H;/q2*-1;;;+4/p-2. The molecule has 0 bridgehead atoms. The van der Waals surface area contributed by atoms with Crippen molar-refractivity contribution in [1.82, 2.24) is 0 Å². The van der Waals surface area contributed by atoms with E-state index in [2.05, 4.69) is 49.5 Å². The Bertz CT molecular complexity index is 303. The molecule has 2 heterocycles. The molecule has 17 heavy (non-hydrogen) atoms. The molecular weight excluding hydrogens is 456 g/mol. The normalized spacial score (nSPS) is 17.3. The fraction of sp³-hybridized carbons (Fsp3) is 0.333. The minimum atomic E-state index is -0.826. The SMILES string of the molecule is CC1=CC=[As][C-]1C.CC1=CC=[As][C-]1C.[Cl][Zr+2][Cl]. The van der Waals surface area contributed by atoms with Gasteiger partial charge >= 0.3 is 139 Å². The summed E-state index contributed by atoms with van der Waals surface area (Å²) < 4.78 is 3.22. The van der Waals surface area contributed by atoms with Crippen molar-refractivity contribution in [3.8, 4) is 0 Å². The van der Waals surface area contributed by atoms with E-state index in [1.807, 2.05) is 0 Å². The van der Waals surface area contributed by atoms with Gasteiger partial charge in [-0.15, -0.1) is 0 Å². The summed E-state index contributed by atoms with van der Waals surface area (Å²) >= 11 is 0.0975. The second kappa shape index (κ2) is 11.4. The van der Waals surface area contributed by atoms with Gasteiger partial charge in [-0.05, 0) is 0 Å². The zero-order valence-corrected chi connectivity index (χ0v) is 18.2. The molecule has 0 saturated carbocycles. The molecule has 92 valence electrons. The van der Waals surface area contributed by atoms with Gasteiger partial charge in [0.15, 0.2) is 0 Å². The van der Waals surface area contributed by atoms with Gasteiger partial charge in [0, 0.05) is 0 Å². The fourth-order valence-corrected chi connectivity index (χ4v) is 4.32. The van der Waals surface area contributed by atoms with Gasteiger partial charge in [-0.25, -0.2) is 0 Å². The molecule has 0 saturated heterocycles. The molecule has 0 nitrogen and oxygen atoms in total. The van der Waals surface area contributed by atoms with E-state index >= 15 is 0 Å². The fourth-order valence-electron chi connectivity index (χ4n) is 0.967. The summed E-state index contributed by atoms with van der Waals surface area (Å²) in [4.78, 5) is 4.59. The van der Waals surface area contributed by atoms with Crippen molar-refractivity contribution in [2.45, 2.75) is 27.7 Å². The monoisotopic (exact) mass is 470 g/mol. The van der Waals surface area contributed by atoms with Crippen LogP contribution in [0.3, 0.4) is 0 Å². The Labute approximate surface area is 137 Å². The topological polar surface area (TPSA) is 0 Å². The molecule has 0 amide bonds. The van der Waals surface area contributed by atoms with Crippen LogP contribution in [-0.2, 0) is 20.8 Å². The molecule has 0 aromatic rings. The molecule has 0 aromatic carbocycles. The zero-order valence-electron chi connectivity index (χ0n) is 10.5. The second-order valence-electron chi connectivity index (χ2n) is 3.50. The Morgan fingerprint density at radius 2 is 1.24 bits per heavy atom. The molecule has 2 aliphatic rings. The van der Waals surface area contributed by atoms with Gasteiger partial charge in [-0.1, -0.05) is 0 Å². The average Bonchev–Trinajstić information content (AvgIpc) is 2.81. The summed E-state index contributed by atoms with van der Waals surface area (Å²) in [7, 11) is 9.87. The minimum absolute atomic E-state index is 0.462. The maximum absolute atomic E-state index is 4.93. The van der Waals surface area contributed by atoms with Crippen LogP contribution in [0.2, 0.25) is 0 Å². The van der Waals surface area contributed by atoms with Gasteiger partial charge in [0.2, 0.25) is 0 Å².